The molecule has 0 aliphatic heterocycles. The fourth-order valence-electron chi connectivity index (χ4n) is 0.716. The zero-order valence-corrected chi connectivity index (χ0v) is 8.37. The molecule has 0 saturated heterocycles. The van der Waals surface area contributed by atoms with Crippen molar-refractivity contribution in [1.82, 2.24) is 4.90 Å². The molecule has 0 rings (SSSR count). The molecule has 0 radical (unpaired) electrons. The van der Waals surface area contributed by atoms with E-state index in [1.54, 1.807) is 0 Å². The van der Waals surface area contributed by atoms with Crippen LogP contribution in [-0.4, -0.2) is 36.5 Å². The van der Waals surface area contributed by atoms with Gasteiger partial charge in [0.05, 0.1) is 0 Å². The second kappa shape index (κ2) is 6.05. The van der Waals surface area contributed by atoms with Crippen LogP contribution in [0.1, 0.15) is 20.3 Å². The SMILES string of the molecule is CSCCCN(C)C(C)C. The summed E-state index contributed by atoms with van der Waals surface area (Å²) in [6.07, 6.45) is 3.48. The summed E-state index contributed by atoms with van der Waals surface area (Å²) in [5.74, 6) is 1.29. The highest BCUT2D eigenvalue weighted by molar-refractivity contribution is 7.98. The van der Waals surface area contributed by atoms with Gasteiger partial charge < -0.3 is 4.90 Å². The molecule has 0 unspecified atom stereocenters. The van der Waals surface area contributed by atoms with Gasteiger partial charge in [-0.25, -0.2) is 0 Å². The lowest BCUT2D eigenvalue weighted by molar-refractivity contribution is 0.275. The van der Waals surface area contributed by atoms with Gasteiger partial charge in [0.2, 0.25) is 0 Å². The van der Waals surface area contributed by atoms with Gasteiger partial charge in [-0.05, 0) is 45.9 Å². The van der Waals surface area contributed by atoms with Gasteiger partial charge in [0, 0.05) is 6.04 Å². The zero-order valence-electron chi connectivity index (χ0n) is 7.55. The summed E-state index contributed by atoms with van der Waals surface area (Å²) in [5, 5.41) is 0. The third-order valence-corrected chi connectivity index (χ3v) is 2.44. The minimum Gasteiger partial charge on any atom is -0.304 e. The van der Waals surface area contributed by atoms with E-state index >= 15 is 0 Å². The first-order valence-electron chi connectivity index (χ1n) is 3.87. The van der Waals surface area contributed by atoms with Crippen molar-refractivity contribution in [3.05, 3.63) is 0 Å². The van der Waals surface area contributed by atoms with Crippen LogP contribution in [0.3, 0.4) is 0 Å². The first-order chi connectivity index (χ1) is 4.68. The van der Waals surface area contributed by atoms with Crippen molar-refractivity contribution < 1.29 is 0 Å². The van der Waals surface area contributed by atoms with Crippen LogP contribution in [0, 0.1) is 0 Å². The number of hydrogen-bond donors (Lipinski definition) is 0. The summed E-state index contributed by atoms with van der Waals surface area (Å²) in [7, 11) is 2.19. The van der Waals surface area contributed by atoms with Crippen molar-refractivity contribution in [2.75, 3.05) is 25.6 Å². The van der Waals surface area contributed by atoms with E-state index in [9.17, 15) is 0 Å². The Hall–Kier alpha value is 0.310. The molecule has 62 valence electrons. The highest BCUT2D eigenvalue weighted by Crippen LogP contribution is 1.99. The molecule has 0 aliphatic carbocycles. The zero-order chi connectivity index (χ0) is 7.98. The van der Waals surface area contributed by atoms with Crippen molar-refractivity contribution >= 4 is 11.8 Å². The molecule has 0 aromatic heterocycles. The van der Waals surface area contributed by atoms with Gasteiger partial charge in [0.1, 0.15) is 0 Å². The smallest absolute Gasteiger partial charge is 0.00355 e. The Balaban J connectivity index is 3.13. The average molecular weight is 161 g/mol. The molecule has 0 amide bonds. The molecule has 0 aromatic carbocycles. The number of hydrogen-bond acceptors (Lipinski definition) is 2. The molecule has 0 spiro atoms. The highest BCUT2D eigenvalue weighted by atomic mass is 32.2. The van der Waals surface area contributed by atoms with Gasteiger partial charge in [-0.2, -0.15) is 11.8 Å². The van der Waals surface area contributed by atoms with E-state index in [-0.39, 0.29) is 0 Å². The first kappa shape index (κ1) is 10.3. The van der Waals surface area contributed by atoms with Gasteiger partial charge >= 0.3 is 0 Å². The molecule has 10 heavy (non-hydrogen) atoms. The van der Waals surface area contributed by atoms with Crippen molar-refractivity contribution in [1.29, 1.82) is 0 Å². The van der Waals surface area contributed by atoms with Crippen molar-refractivity contribution in [3.8, 4) is 0 Å². The van der Waals surface area contributed by atoms with Crippen LogP contribution < -0.4 is 0 Å². The third kappa shape index (κ3) is 5.12. The fourth-order valence-corrected chi connectivity index (χ4v) is 1.13. The average Bonchev–Trinajstić information content (AvgIpc) is 1.88. The normalized spacial score (nSPS) is 11.4. The maximum absolute atomic E-state index is 2.39. The molecule has 2 heteroatoms. The quantitative estimate of drug-likeness (QED) is 0.568. The third-order valence-electron chi connectivity index (χ3n) is 1.74. The van der Waals surface area contributed by atoms with Crippen LogP contribution in [0.15, 0.2) is 0 Å². The summed E-state index contributed by atoms with van der Waals surface area (Å²) >= 11 is 1.93. The van der Waals surface area contributed by atoms with Gasteiger partial charge in [0.15, 0.2) is 0 Å². The second-order valence-electron chi connectivity index (χ2n) is 2.92. The maximum Gasteiger partial charge on any atom is 0.00355 e. The lowest BCUT2D eigenvalue weighted by Gasteiger charge is -2.20. The lowest BCUT2D eigenvalue weighted by atomic mass is 10.3. The minimum atomic E-state index is 0.696. The first-order valence-corrected chi connectivity index (χ1v) is 5.27. The Labute approximate surface area is 69.2 Å². The van der Waals surface area contributed by atoms with E-state index in [1.165, 1.54) is 18.7 Å². The van der Waals surface area contributed by atoms with Crippen molar-refractivity contribution in [2.24, 2.45) is 0 Å². The van der Waals surface area contributed by atoms with E-state index in [1.807, 2.05) is 11.8 Å². The molecule has 0 bridgehead atoms. The Morgan fingerprint density at radius 3 is 2.40 bits per heavy atom. The second-order valence-corrected chi connectivity index (χ2v) is 3.91. The van der Waals surface area contributed by atoms with E-state index < -0.39 is 0 Å². The monoisotopic (exact) mass is 161 g/mol. The number of nitrogens with zero attached hydrogens (tertiary/aromatic N) is 1. The van der Waals surface area contributed by atoms with Gasteiger partial charge in [-0.15, -0.1) is 0 Å². The minimum absolute atomic E-state index is 0.696. The van der Waals surface area contributed by atoms with Crippen LogP contribution in [0.5, 0.6) is 0 Å². The Morgan fingerprint density at radius 1 is 1.40 bits per heavy atom. The molecule has 0 N–H and O–H groups in total. The van der Waals surface area contributed by atoms with E-state index in [4.69, 9.17) is 0 Å². The van der Waals surface area contributed by atoms with E-state index in [0.29, 0.717) is 6.04 Å². The summed E-state index contributed by atoms with van der Waals surface area (Å²) in [6.45, 7) is 5.71. The molecular formula is C8H19NS. The summed E-state index contributed by atoms with van der Waals surface area (Å²) < 4.78 is 0. The molecule has 0 aliphatic rings. The number of thioether (sulfide) groups is 1. The largest absolute Gasteiger partial charge is 0.304 e. The maximum atomic E-state index is 2.39. The van der Waals surface area contributed by atoms with Gasteiger partial charge in [0.25, 0.3) is 0 Å². The number of rotatable bonds is 5. The predicted octanol–water partition coefficient (Wildman–Crippen LogP) is 2.08. The fraction of sp³-hybridized carbons (Fsp3) is 1.00. The molecule has 0 saturated carbocycles. The Bertz CT molecular complexity index is 73.7. The molecular weight excluding hydrogens is 142 g/mol. The molecule has 0 aromatic rings. The van der Waals surface area contributed by atoms with Crippen LogP contribution in [0.4, 0.5) is 0 Å². The Morgan fingerprint density at radius 2 is 2.00 bits per heavy atom. The molecule has 0 fully saturated rings. The van der Waals surface area contributed by atoms with Crippen LogP contribution in [0.25, 0.3) is 0 Å². The Kier molecular flexibility index (Phi) is 6.24. The summed E-state index contributed by atoms with van der Waals surface area (Å²) in [5.41, 5.74) is 0. The van der Waals surface area contributed by atoms with Crippen LogP contribution >= 0.6 is 11.8 Å². The highest BCUT2D eigenvalue weighted by Gasteiger charge is 2.00. The van der Waals surface area contributed by atoms with Crippen molar-refractivity contribution in [3.63, 3.8) is 0 Å². The summed E-state index contributed by atoms with van der Waals surface area (Å²) in [4.78, 5) is 2.39. The lowest BCUT2D eigenvalue weighted by Crippen LogP contribution is -2.27. The predicted molar refractivity (Wildman–Crippen MR) is 50.8 cm³/mol. The van der Waals surface area contributed by atoms with Crippen LogP contribution in [-0.2, 0) is 0 Å². The van der Waals surface area contributed by atoms with E-state index in [0.717, 1.165) is 0 Å². The summed E-state index contributed by atoms with van der Waals surface area (Å²) in [6, 6.07) is 0.696. The standard InChI is InChI=1S/C8H19NS/c1-8(2)9(3)6-5-7-10-4/h8H,5-7H2,1-4H3. The van der Waals surface area contributed by atoms with Crippen molar-refractivity contribution in [2.45, 2.75) is 26.3 Å². The van der Waals surface area contributed by atoms with Gasteiger partial charge in [-0.3, -0.25) is 0 Å². The van der Waals surface area contributed by atoms with Gasteiger partial charge in [-0.1, -0.05) is 0 Å². The molecule has 0 heterocycles. The molecule has 0 atom stereocenters. The topological polar surface area (TPSA) is 3.24 Å². The van der Waals surface area contributed by atoms with E-state index in [2.05, 4.69) is 32.1 Å². The molecule has 1 nitrogen and oxygen atoms in total. The van der Waals surface area contributed by atoms with Crippen LogP contribution in [0.2, 0.25) is 0 Å².